The molecule has 0 spiro atoms. The van der Waals surface area contributed by atoms with Gasteiger partial charge in [0.1, 0.15) is 5.82 Å². The van der Waals surface area contributed by atoms with Crippen LogP contribution in [0.25, 0.3) is 0 Å². The first kappa shape index (κ1) is 16.9. The molecule has 1 aromatic heterocycles. The van der Waals surface area contributed by atoms with Crippen LogP contribution in [0.5, 0.6) is 0 Å². The molecule has 2 rings (SSSR count). The number of carbonyl (C=O) groups is 1. The lowest BCUT2D eigenvalue weighted by Crippen LogP contribution is -2.40. The van der Waals surface area contributed by atoms with Crippen molar-refractivity contribution in [2.24, 2.45) is 0 Å². The molecule has 1 amide bonds. The molecule has 0 aliphatic heterocycles. The molecule has 23 heavy (non-hydrogen) atoms. The summed E-state index contributed by atoms with van der Waals surface area (Å²) in [5.74, 6) is -0.0199. The van der Waals surface area contributed by atoms with Gasteiger partial charge in [0.25, 0.3) is 5.91 Å². The van der Waals surface area contributed by atoms with E-state index in [0.717, 1.165) is 0 Å². The van der Waals surface area contributed by atoms with Crippen LogP contribution in [0.2, 0.25) is 0 Å². The maximum absolute atomic E-state index is 13.5. The minimum Gasteiger partial charge on any atom is -0.354 e. The molecule has 0 radical (unpaired) electrons. The maximum atomic E-state index is 13.5. The normalized spacial score (nSPS) is 11.1. The van der Waals surface area contributed by atoms with E-state index < -0.39 is 0 Å². The number of benzene rings is 1. The summed E-state index contributed by atoms with van der Waals surface area (Å²) in [5, 5.41) is 5.86. The van der Waals surface area contributed by atoms with E-state index >= 15 is 0 Å². The molecule has 2 N–H and O–H groups in total. The van der Waals surface area contributed by atoms with Gasteiger partial charge in [-0.2, -0.15) is 0 Å². The summed E-state index contributed by atoms with van der Waals surface area (Å²) < 4.78 is 13.5. The van der Waals surface area contributed by atoms with Gasteiger partial charge in [-0.25, -0.2) is 14.4 Å². The fraction of sp³-hybridized carbons (Fsp3) is 0.353. The predicted molar refractivity (Wildman–Crippen MR) is 87.8 cm³/mol. The second kappa shape index (κ2) is 7.17. The predicted octanol–water partition coefficient (Wildman–Crippen LogP) is 2.80. The minimum absolute atomic E-state index is 0.213. The molecular weight excluding hydrogens is 295 g/mol. The van der Waals surface area contributed by atoms with E-state index in [-0.39, 0.29) is 17.3 Å². The van der Waals surface area contributed by atoms with Crippen LogP contribution in [0.1, 0.15) is 36.7 Å². The third-order valence-electron chi connectivity index (χ3n) is 3.04. The van der Waals surface area contributed by atoms with Crippen molar-refractivity contribution in [3.8, 4) is 0 Å². The number of hydrogen-bond donors (Lipinski definition) is 2. The molecule has 0 aliphatic rings. The van der Waals surface area contributed by atoms with Gasteiger partial charge in [-0.05, 0) is 38.8 Å². The largest absolute Gasteiger partial charge is 0.354 e. The van der Waals surface area contributed by atoms with Gasteiger partial charge in [-0.1, -0.05) is 18.2 Å². The molecular formula is C17H21FN4O. The molecule has 0 unspecified atom stereocenters. The summed E-state index contributed by atoms with van der Waals surface area (Å²) >= 11 is 0. The number of anilines is 1. The van der Waals surface area contributed by atoms with Gasteiger partial charge < -0.3 is 10.6 Å². The fourth-order valence-electron chi connectivity index (χ4n) is 1.96. The van der Waals surface area contributed by atoms with Gasteiger partial charge in [0.05, 0.1) is 5.56 Å². The summed E-state index contributed by atoms with van der Waals surface area (Å²) in [6.45, 7) is 6.23. The first-order chi connectivity index (χ1) is 10.8. The number of nitrogens with zero attached hydrogens (tertiary/aromatic N) is 2. The van der Waals surface area contributed by atoms with Crippen molar-refractivity contribution in [2.75, 3.05) is 11.9 Å². The first-order valence-corrected chi connectivity index (χ1v) is 7.47. The zero-order valence-corrected chi connectivity index (χ0v) is 13.6. The van der Waals surface area contributed by atoms with Crippen LogP contribution in [0, 0.1) is 5.82 Å². The SMILES string of the molecule is CC(C)(C)NC(=O)c1cnc(NCCc2ccccc2F)nc1. The van der Waals surface area contributed by atoms with E-state index in [1.54, 1.807) is 18.2 Å². The highest BCUT2D eigenvalue weighted by molar-refractivity contribution is 5.94. The Kier molecular flexibility index (Phi) is 5.26. The molecule has 6 heteroatoms. The Morgan fingerprint density at radius 2 is 1.83 bits per heavy atom. The fourth-order valence-corrected chi connectivity index (χ4v) is 1.96. The average Bonchev–Trinajstić information content (AvgIpc) is 2.48. The van der Waals surface area contributed by atoms with Crippen LogP contribution in [0.3, 0.4) is 0 Å². The van der Waals surface area contributed by atoms with Crippen molar-refractivity contribution in [2.45, 2.75) is 32.7 Å². The highest BCUT2D eigenvalue weighted by Crippen LogP contribution is 2.08. The number of rotatable bonds is 5. The van der Waals surface area contributed by atoms with Crippen molar-refractivity contribution < 1.29 is 9.18 Å². The maximum Gasteiger partial charge on any atom is 0.254 e. The Hall–Kier alpha value is -2.50. The van der Waals surface area contributed by atoms with Crippen LogP contribution in [-0.4, -0.2) is 28.0 Å². The third kappa shape index (κ3) is 5.32. The van der Waals surface area contributed by atoms with Gasteiger partial charge in [0.15, 0.2) is 0 Å². The summed E-state index contributed by atoms with van der Waals surface area (Å²) in [7, 11) is 0. The number of aromatic nitrogens is 2. The smallest absolute Gasteiger partial charge is 0.254 e. The number of halogens is 1. The quantitative estimate of drug-likeness (QED) is 0.890. The van der Waals surface area contributed by atoms with Crippen molar-refractivity contribution in [3.05, 3.63) is 53.6 Å². The van der Waals surface area contributed by atoms with Crippen LogP contribution >= 0.6 is 0 Å². The van der Waals surface area contributed by atoms with E-state index in [0.29, 0.717) is 30.0 Å². The molecule has 1 aromatic carbocycles. The zero-order valence-electron chi connectivity index (χ0n) is 13.6. The third-order valence-corrected chi connectivity index (χ3v) is 3.04. The van der Waals surface area contributed by atoms with Crippen LogP contribution in [-0.2, 0) is 6.42 Å². The monoisotopic (exact) mass is 316 g/mol. The molecule has 0 atom stereocenters. The molecule has 0 saturated heterocycles. The van der Waals surface area contributed by atoms with Crippen LogP contribution in [0.15, 0.2) is 36.7 Å². The molecule has 0 fully saturated rings. The van der Waals surface area contributed by atoms with Crippen LogP contribution in [0.4, 0.5) is 10.3 Å². The lowest BCUT2D eigenvalue weighted by Gasteiger charge is -2.20. The number of hydrogen-bond acceptors (Lipinski definition) is 4. The molecule has 1 heterocycles. The number of amides is 1. The first-order valence-electron chi connectivity index (χ1n) is 7.47. The Labute approximate surface area is 135 Å². The van der Waals surface area contributed by atoms with Gasteiger partial charge in [-0.15, -0.1) is 0 Å². The van der Waals surface area contributed by atoms with Crippen molar-refractivity contribution >= 4 is 11.9 Å². The lowest BCUT2D eigenvalue weighted by molar-refractivity contribution is 0.0919. The van der Waals surface area contributed by atoms with E-state index in [1.807, 2.05) is 20.8 Å². The van der Waals surface area contributed by atoms with Crippen LogP contribution < -0.4 is 10.6 Å². The van der Waals surface area contributed by atoms with E-state index in [9.17, 15) is 9.18 Å². The molecule has 0 aliphatic carbocycles. The van der Waals surface area contributed by atoms with Crippen molar-refractivity contribution in [3.63, 3.8) is 0 Å². The summed E-state index contributed by atoms with van der Waals surface area (Å²) in [5.41, 5.74) is 0.731. The number of nitrogens with one attached hydrogen (secondary N) is 2. The highest BCUT2D eigenvalue weighted by Gasteiger charge is 2.15. The topological polar surface area (TPSA) is 66.9 Å². The molecule has 0 bridgehead atoms. The highest BCUT2D eigenvalue weighted by atomic mass is 19.1. The number of carbonyl (C=O) groups excluding carboxylic acids is 1. The summed E-state index contributed by atoms with van der Waals surface area (Å²) in [6, 6.07) is 6.65. The Morgan fingerprint density at radius 1 is 1.17 bits per heavy atom. The Bertz CT molecular complexity index is 665. The standard InChI is InChI=1S/C17H21FN4O/c1-17(2,3)22-15(23)13-10-20-16(21-11-13)19-9-8-12-6-4-5-7-14(12)18/h4-7,10-11H,8-9H2,1-3H3,(H,22,23)(H,19,20,21). The Balaban J connectivity index is 1.88. The van der Waals surface area contributed by atoms with Crippen molar-refractivity contribution in [1.29, 1.82) is 0 Å². The molecule has 122 valence electrons. The summed E-state index contributed by atoms with van der Waals surface area (Å²) in [4.78, 5) is 20.2. The minimum atomic E-state index is -0.312. The summed E-state index contributed by atoms with van der Waals surface area (Å²) in [6.07, 6.45) is 3.47. The second-order valence-corrected chi connectivity index (χ2v) is 6.27. The second-order valence-electron chi connectivity index (χ2n) is 6.27. The molecule has 2 aromatic rings. The van der Waals surface area contributed by atoms with E-state index in [2.05, 4.69) is 20.6 Å². The molecule has 5 nitrogen and oxygen atoms in total. The van der Waals surface area contributed by atoms with Gasteiger partial charge in [0, 0.05) is 24.5 Å². The lowest BCUT2D eigenvalue weighted by atomic mass is 10.1. The Morgan fingerprint density at radius 3 is 2.43 bits per heavy atom. The van der Waals surface area contributed by atoms with Gasteiger partial charge in [0.2, 0.25) is 5.95 Å². The van der Waals surface area contributed by atoms with E-state index in [4.69, 9.17) is 0 Å². The molecule has 0 saturated carbocycles. The average molecular weight is 316 g/mol. The van der Waals surface area contributed by atoms with Crippen molar-refractivity contribution in [1.82, 2.24) is 15.3 Å². The zero-order chi connectivity index (χ0) is 16.9. The van der Waals surface area contributed by atoms with Gasteiger partial charge in [-0.3, -0.25) is 4.79 Å². The van der Waals surface area contributed by atoms with Gasteiger partial charge >= 0.3 is 0 Å². The van der Waals surface area contributed by atoms with E-state index in [1.165, 1.54) is 18.5 Å².